The number of amides is 1. The molecule has 3 aromatic rings. The molecule has 4 nitrogen and oxygen atoms in total. The van der Waals surface area contributed by atoms with Gasteiger partial charge in [-0.1, -0.05) is 60.1 Å². The van der Waals surface area contributed by atoms with Crippen LogP contribution >= 0.6 is 11.6 Å². The lowest BCUT2D eigenvalue weighted by Gasteiger charge is -2.23. The minimum atomic E-state index is -0.0802. The Hall–Kier alpha value is -2.59. The van der Waals surface area contributed by atoms with E-state index in [-0.39, 0.29) is 5.91 Å². The highest BCUT2D eigenvalue weighted by molar-refractivity contribution is 6.31. The SMILES string of the molecule is O=C(c1ccn[nH]1)N(CCc1ccccc1)Cc1ccccc1Cl. The average molecular weight is 340 g/mol. The highest BCUT2D eigenvalue weighted by Gasteiger charge is 2.18. The molecule has 3 rings (SSSR count). The van der Waals surface area contributed by atoms with Crippen LogP contribution in [-0.2, 0) is 13.0 Å². The molecule has 0 saturated heterocycles. The van der Waals surface area contributed by atoms with Crippen molar-refractivity contribution in [2.45, 2.75) is 13.0 Å². The zero-order valence-corrected chi connectivity index (χ0v) is 13.9. The van der Waals surface area contributed by atoms with Crippen LogP contribution in [-0.4, -0.2) is 27.5 Å². The minimum Gasteiger partial charge on any atom is -0.333 e. The molecule has 0 fully saturated rings. The number of hydrogen-bond donors (Lipinski definition) is 1. The number of nitrogens with zero attached hydrogens (tertiary/aromatic N) is 2. The molecule has 0 bridgehead atoms. The summed E-state index contributed by atoms with van der Waals surface area (Å²) in [7, 11) is 0. The summed E-state index contributed by atoms with van der Waals surface area (Å²) >= 11 is 6.26. The van der Waals surface area contributed by atoms with E-state index in [1.54, 1.807) is 17.2 Å². The molecule has 0 saturated carbocycles. The van der Waals surface area contributed by atoms with E-state index in [4.69, 9.17) is 11.6 Å². The predicted molar refractivity (Wildman–Crippen MR) is 94.9 cm³/mol. The fourth-order valence-electron chi connectivity index (χ4n) is 2.54. The Bertz CT molecular complexity index is 787. The number of hydrogen-bond acceptors (Lipinski definition) is 2. The van der Waals surface area contributed by atoms with Crippen molar-refractivity contribution in [3.63, 3.8) is 0 Å². The number of benzene rings is 2. The van der Waals surface area contributed by atoms with Crippen molar-refractivity contribution < 1.29 is 4.79 Å². The Balaban J connectivity index is 1.78. The van der Waals surface area contributed by atoms with Gasteiger partial charge >= 0.3 is 0 Å². The van der Waals surface area contributed by atoms with Crippen LogP contribution in [0, 0.1) is 0 Å². The number of carbonyl (C=O) groups is 1. The van der Waals surface area contributed by atoms with Gasteiger partial charge in [0.25, 0.3) is 5.91 Å². The third-order valence-corrected chi connectivity index (χ3v) is 4.22. The summed E-state index contributed by atoms with van der Waals surface area (Å²) in [5.74, 6) is -0.0802. The van der Waals surface area contributed by atoms with Gasteiger partial charge in [-0.15, -0.1) is 0 Å². The lowest BCUT2D eigenvalue weighted by atomic mass is 10.1. The van der Waals surface area contributed by atoms with Crippen molar-refractivity contribution in [2.24, 2.45) is 0 Å². The van der Waals surface area contributed by atoms with Gasteiger partial charge in [-0.2, -0.15) is 5.10 Å². The smallest absolute Gasteiger partial charge is 0.272 e. The van der Waals surface area contributed by atoms with Crippen molar-refractivity contribution in [1.82, 2.24) is 15.1 Å². The van der Waals surface area contributed by atoms with E-state index in [1.165, 1.54) is 5.56 Å². The maximum Gasteiger partial charge on any atom is 0.272 e. The largest absolute Gasteiger partial charge is 0.333 e. The summed E-state index contributed by atoms with van der Waals surface area (Å²) < 4.78 is 0. The van der Waals surface area contributed by atoms with Gasteiger partial charge < -0.3 is 4.90 Å². The summed E-state index contributed by atoms with van der Waals surface area (Å²) in [6.45, 7) is 1.07. The number of rotatable bonds is 6. The molecule has 0 unspecified atom stereocenters. The van der Waals surface area contributed by atoms with Crippen LogP contribution in [0.3, 0.4) is 0 Å². The maximum atomic E-state index is 12.8. The molecule has 0 radical (unpaired) electrons. The van der Waals surface area contributed by atoms with Gasteiger partial charge in [0.15, 0.2) is 0 Å². The predicted octanol–water partition coefficient (Wildman–Crippen LogP) is 3.95. The molecule has 1 amide bonds. The second-order valence-electron chi connectivity index (χ2n) is 5.52. The van der Waals surface area contributed by atoms with Crippen molar-refractivity contribution in [3.05, 3.63) is 88.7 Å². The first-order valence-electron chi connectivity index (χ1n) is 7.80. The van der Waals surface area contributed by atoms with Gasteiger partial charge in [-0.3, -0.25) is 9.89 Å². The van der Waals surface area contributed by atoms with E-state index in [9.17, 15) is 4.79 Å². The van der Waals surface area contributed by atoms with Crippen LogP contribution in [0.15, 0.2) is 66.9 Å². The number of nitrogens with one attached hydrogen (secondary N) is 1. The molecule has 0 aliphatic heterocycles. The molecule has 0 aliphatic rings. The zero-order valence-electron chi connectivity index (χ0n) is 13.2. The van der Waals surface area contributed by atoms with E-state index >= 15 is 0 Å². The standard InChI is InChI=1S/C19H18ClN3O/c20-17-9-5-4-8-16(17)14-23(19(24)18-10-12-21-22-18)13-11-15-6-2-1-3-7-15/h1-10,12H,11,13-14H2,(H,21,22). The second kappa shape index (κ2) is 7.79. The lowest BCUT2D eigenvalue weighted by molar-refractivity contribution is 0.0739. The van der Waals surface area contributed by atoms with Crippen LogP contribution in [0.4, 0.5) is 0 Å². The van der Waals surface area contributed by atoms with Crippen LogP contribution in [0.1, 0.15) is 21.6 Å². The number of halogens is 1. The second-order valence-corrected chi connectivity index (χ2v) is 5.93. The molecule has 1 N–H and O–H groups in total. The first-order chi connectivity index (χ1) is 11.7. The normalized spacial score (nSPS) is 10.5. The van der Waals surface area contributed by atoms with E-state index in [0.717, 1.165) is 12.0 Å². The highest BCUT2D eigenvalue weighted by atomic mass is 35.5. The van der Waals surface area contributed by atoms with Gasteiger partial charge in [0, 0.05) is 24.3 Å². The molecule has 1 heterocycles. The summed E-state index contributed by atoms with van der Waals surface area (Å²) in [6, 6.07) is 19.4. The van der Waals surface area contributed by atoms with Crippen molar-refractivity contribution in [2.75, 3.05) is 6.54 Å². The Kier molecular flexibility index (Phi) is 5.29. The molecule has 1 aromatic heterocycles. The summed E-state index contributed by atoms with van der Waals surface area (Å²) in [5.41, 5.74) is 2.61. The van der Waals surface area contributed by atoms with Crippen LogP contribution in [0.2, 0.25) is 5.02 Å². The number of carbonyl (C=O) groups excluding carboxylic acids is 1. The van der Waals surface area contributed by atoms with E-state index in [0.29, 0.717) is 23.8 Å². The molecule has 2 aromatic carbocycles. The fourth-order valence-corrected chi connectivity index (χ4v) is 2.73. The van der Waals surface area contributed by atoms with Gasteiger partial charge in [-0.05, 0) is 29.7 Å². The molecular weight excluding hydrogens is 322 g/mol. The molecule has 122 valence electrons. The highest BCUT2D eigenvalue weighted by Crippen LogP contribution is 2.18. The third-order valence-electron chi connectivity index (χ3n) is 3.85. The quantitative estimate of drug-likeness (QED) is 0.739. The van der Waals surface area contributed by atoms with E-state index in [2.05, 4.69) is 22.3 Å². The third kappa shape index (κ3) is 4.03. The average Bonchev–Trinajstić information content (AvgIpc) is 3.15. The Morgan fingerprint density at radius 1 is 1.04 bits per heavy atom. The topological polar surface area (TPSA) is 49.0 Å². The summed E-state index contributed by atoms with van der Waals surface area (Å²) in [4.78, 5) is 14.5. The van der Waals surface area contributed by atoms with Gasteiger partial charge in [-0.25, -0.2) is 0 Å². The van der Waals surface area contributed by atoms with E-state index < -0.39 is 0 Å². The molecule has 5 heteroatoms. The monoisotopic (exact) mass is 339 g/mol. The van der Waals surface area contributed by atoms with Crippen LogP contribution in [0.5, 0.6) is 0 Å². The Morgan fingerprint density at radius 3 is 2.50 bits per heavy atom. The minimum absolute atomic E-state index is 0.0802. The summed E-state index contributed by atoms with van der Waals surface area (Å²) in [6.07, 6.45) is 2.36. The summed E-state index contributed by atoms with van der Waals surface area (Å²) in [5, 5.41) is 7.28. The Labute approximate surface area is 146 Å². The number of H-pyrrole nitrogens is 1. The van der Waals surface area contributed by atoms with Gasteiger partial charge in [0.05, 0.1) is 0 Å². The van der Waals surface area contributed by atoms with E-state index in [1.807, 2.05) is 42.5 Å². The first-order valence-corrected chi connectivity index (χ1v) is 8.18. The van der Waals surface area contributed by atoms with Crippen LogP contribution < -0.4 is 0 Å². The first kappa shape index (κ1) is 16.3. The van der Waals surface area contributed by atoms with Gasteiger partial charge in [0.1, 0.15) is 5.69 Å². The van der Waals surface area contributed by atoms with Gasteiger partial charge in [0.2, 0.25) is 0 Å². The molecule has 0 aliphatic carbocycles. The maximum absolute atomic E-state index is 12.8. The number of aromatic nitrogens is 2. The van der Waals surface area contributed by atoms with Crippen molar-refractivity contribution in [3.8, 4) is 0 Å². The van der Waals surface area contributed by atoms with Crippen LogP contribution in [0.25, 0.3) is 0 Å². The molecule has 24 heavy (non-hydrogen) atoms. The lowest BCUT2D eigenvalue weighted by Crippen LogP contribution is -2.33. The fraction of sp³-hybridized carbons (Fsp3) is 0.158. The molecule has 0 atom stereocenters. The van der Waals surface area contributed by atoms with Crippen molar-refractivity contribution >= 4 is 17.5 Å². The van der Waals surface area contributed by atoms with Crippen molar-refractivity contribution in [1.29, 1.82) is 0 Å². The molecular formula is C19H18ClN3O. The molecule has 0 spiro atoms. The zero-order chi connectivity index (χ0) is 16.8. The number of aromatic amines is 1. The Morgan fingerprint density at radius 2 is 1.79 bits per heavy atom.